The number of hydrogen-bond donors (Lipinski definition) is 1. The fourth-order valence-corrected chi connectivity index (χ4v) is 2.61. The first-order valence-corrected chi connectivity index (χ1v) is 8.46. The molecule has 1 amide bonds. The first kappa shape index (κ1) is 20.5. The summed E-state index contributed by atoms with van der Waals surface area (Å²) in [5.74, 6) is -2.36. The van der Waals surface area contributed by atoms with Gasteiger partial charge >= 0.3 is 6.18 Å². The Balaban J connectivity index is 1.78. The maximum Gasteiger partial charge on any atom is 0.416 e. The van der Waals surface area contributed by atoms with Gasteiger partial charge in [0.25, 0.3) is 5.91 Å². The molecular weight excluding hydrogens is 395 g/mol. The molecular formula is C20H15F5N2O2. The molecule has 1 N–H and O–H groups in total. The average Bonchev–Trinajstić information content (AvgIpc) is 3.15. The summed E-state index contributed by atoms with van der Waals surface area (Å²) in [6.07, 6.45) is -3.54. The molecule has 4 nitrogen and oxygen atoms in total. The lowest BCUT2D eigenvalue weighted by atomic mass is 10.1. The van der Waals surface area contributed by atoms with E-state index in [1.54, 1.807) is 0 Å². The van der Waals surface area contributed by atoms with Crippen LogP contribution in [-0.4, -0.2) is 10.9 Å². The zero-order valence-electron chi connectivity index (χ0n) is 15.3. The molecule has 0 fully saturated rings. The predicted molar refractivity (Wildman–Crippen MR) is 93.9 cm³/mol. The van der Waals surface area contributed by atoms with E-state index in [4.69, 9.17) is 4.42 Å². The Bertz CT molecular complexity index is 1040. The molecule has 0 aliphatic heterocycles. The molecule has 0 aliphatic rings. The van der Waals surface area contributed by atoms with Gasteiger partial charge in [-0.05, 0) is 49.7 Å². The highest BCUT2D eigenvalue weighted by molar-refractivity contribution is 5.92. The number of benzene rings is 2. The van der Waals surface area contributed by atoms with Gasteiger partial charge in [-0.2, -0.15) is 13.2 Å². The summed E-state index contributed by atoms with van der Waals surface area (Å²) in [6.45, 7) is 2.82. The van der Waals surface area contributed by atoms with Gasteiger partial charge in [0.05, 0.1) is 11.6 Å². The zero-order valence-corrected chi connectivity index (χ0v) is 15.3. The van der Waals surface area contributed by atoms with Gasteiger partial charge in [0.15, 0.2) is 5.69 Å². The fraction of sp³-hybridized carbons (Fsp3) is 0.200. The molecule has 1 heterocycles. The van der Waals surface area contributed by atoms with E-state index in [1.807, 2.05) is 0 Å². The maximum absolute atomic E-state index is 13.7. The maximum atomic E-state index is 13.7. The van der Waals surface area contributed by atoms with Crippen molar-refractivity contribution in [2.75, 3.05) is 0 Å². The van der Waals surface area contributed by atoms with E-state index in [-0.39, 0.29) is 28.3 Å². The number of nitrogens with one attached hydrogen (secondary N) is 1. The lowest BCUT2D eigenvalue weighted by Crippen LogP contribution is -2.27. The molecule has 0 aliphatic carbocycles. The van der Waals surface area contributed by atoms with E-state index < -0.39 is 35.3 Å². The molecule has 0 spiro atoms. The van der Waals surface area contributed by atoms with Crippen LogP contribution in [0.15, 0.2) is 47.1 Å². The molecule has 1 atom stereocenters. The molecule has 9 heteroatoms. The van der Waals surface area contributed by atoms with Crippen LogP contribution < -0.4 is 5.32 Å². The van der Waals surface area contributed by atoms with Gasteiger partial charge in [0.1, 0.15) is 17.9 Å². The summed E-state index contributed by atoms with van der Waals surface area (Å²) < 4.78 is 71.0. The first-order valence-electron chi connectivity index (χ1n) is 8.46. The molecule has 0 saturated heterocycles. The molecule has 3 aromatic rings. The first-order chi connectivity index (χ1) is 13.6. The summed E-state index contributed by atoms with van der Waals surface area (Å²) in [5.41, 5.74) is -0.932. The monoisotopic (exact) mass is 410 g/mol. The summed E-state index contributed by atoms with van der Waals surface area (Å²) in [5, 5.41) is 2.51. The highest BCUT2D eigenvalue weighted by Crippen LogP contribution is 2.32. The van der Waals surface area contributed by atoms with Crippen molar-refractivity contribution in [3.63, 3.8) is 0 Å². The number of halogens is 5. The van der Waals surface area contributed by atoms with Crippen molar-refractivity contribution in [1.82, 2.24) is 10.3 Å². The Hall–Kier alpha value is -3.23. The third-order valence-corrected chi connectivity index (χ3v) is 4.32. The van der Waals surface area contributed by atoms with Crippen LogP contribution in [0.5, 0.6) is 0 Å². The molecule has 29 heavy (non-hydrogen) atoms. The third kappa shape index (κ3) is 4.44. The number of nitrogens with zero attached hydrogens (tertiary/aromatic N) is 1. The lowest BCUT2D eigenvalue weighted by Gasteiger charge is -2.14. The van der Waals surface area contributed by atoms with Gasteiger partial charge < -0.3 is 9.73 Å². The van der Waals surface area contributed by atoms with Crippen molar-refractivity contribution in [1.29, 1.82) is 0 Å². The quantitative estimate of drug-likeness (QED) is 0.583. The van der Waals surface area contributed by atoms with E-state index in [0.29, 0.717) is 0 Å². The second-order valence-corrected chi connectivity index (χ2v) is 6.42. The van der Waals surface area contributed by atoms with Gasteiger partial charge in [-0.25, -0.2) is 13.8 Å². The van der Waals surface area contributed by atoms with E-state index in [1.165, 1.54) is 26.0 Å². The number of oxazole rings is 1. The number of carbonyl (C=O) groups excluding carboxylic acids is 1. The standard InChI is InChI=1S/C20H15F5N2O2/c1-10-15(21)7-13(8-16(10)22)11(2)26-18(28)17-9-29-19(27-17)12-4-3-5-14(6-12)20(23,24)25/h3-9,11H,1-2H3,(H,26,28)/t11-/m1/s1. The minimum Gasteiger partial charge on any atom is -0.444 e. The van der Waals surface area contributed by atoms with Crippen LogP contribution in [0.1, 0.15) is 40.1 Å². The number of hydrogen-bond acceptors (Lipinski definition) is 3. The van der Waals surface area contributed by atoms with Gasteiger partial charge in [-0.15, -0.1) is 0 Å². The Kier molecular flexibility index (Phi) is 5.41. The molecule has 1 aromatic heterocycles. The summed E-state index contributed by atoms with van der Waals surface area (Å²) in [6, 6.07) is 5.80. The summed E-state index contributed by atoms with van der Waals surface area (Å²) >= 11 is 0. The largest absolute Gasteiger partial charge is 0.444 e. The Morgan fingerprint density at radius 2 is 1.79 bits per heavy atom. The molecule has 0 unspecified atom stereocenters. The minimum absolute atomic E-state index is 0.0506. The second-order valence-electron chi connectivity index (χ2n) is 6.42. The fourth-order valence-electron chi connectivity index (χ4n) is 2.61. The molecule has 0 radical (unpaired) electrons. The topological polar surface area (TPSA) is 55.1 Å². The highest BCUT2D eigenvalue weighted by atomic mass is 19.4. The van der Waals surface area contributed by atoms with Crippen LogP contribution in [0.2, 0.25) is 0 Å². The minimum atomic E-state index is -4.53. The molecule has 2 aromatic carbocycles. The van der Waals surface area contributed by atoms with Crippen molar-refractivity contribution >= 4 is 5.91 Å². The Morgan fingerprint density at radius 1 is 1.14 bits per heavy atom. The normalized spacial score (nSPS) is 12.7. The van der Waals surface area contributed by atoms with Gasteiger partial charge in [-0.3, -0.25) is 4.79 Å². The Morgan fingerprint density at radius 3 is 2.41 bits per heavy atom. The molecule has 3 rings (SSSR count). The molecule has 152 valence electrons. The van der Waals surface area contributed by atoms with E-state index in [9.17, 15) is 26.7 Å². The van der Waals surface area contributed by atoms with Crippen molar-refractivity contribution in [2.45, 2.75) is 26.1 Å². The number of amides is 1. The van der Waals surface area contributed by atoms with Crippen LogP contribution in [-0.2, 0) is 6.18 Å². The van der Waals surface area contributed by atoms with E-state index >= 15 is 0 Å². The van der Waals surface area contributed by atoms with Crippen molar-refractivity contribution < 1.29 is 31.2 Å². The predicted octanol–water partition coefficient (Wildman–Crippen LogP) is 5.44. The second kappa shape index (κ2) is 7.65. The number of aromatic nitrogens is 1. The third-order valence-electron chi connectivity index (χ3n) is 4.32. The zero-order chi connectivity index (χ0) is 21.3. The van der Waals surface area contributed by atoms with Gasteiger partial charge in [-0.1, -0.05) is 6.07 Å². The van der Waals surface area contributed by atoms with Crippen LogP contribution in [0.3, 0.4) is 0 Å². The van der Waals surface area contributed by atoms with Crippen LogP contribution in [0.4, 0.5) is 22.0 Å². The van der Waals surface area contributed by atoms with Crippen molar-refractivity contribution in [2.24, 2.45) is 0 Å². The summed E-state index contributed by atoms with van der Waals surface area (Å²) in [7, 11) is 0. The summed E-state index contributed by atoms with van der Waals surface area (Å²) in [4.78, 5) is 16.2. The number of alkyl halides is 3. The highest BCUT2D eigenvalue weighted by Gasteiger charge is 2.31. The van der Waals surface area contributed by atoms with Crippen LogP contribution in [0, 0.1) is 18.6 Å². The molecule has 0 saturated carbocycles. The Labute approximate surface area is 162 Å². The van der Waals surface area contributed by atoms with E-state index in [0.717, 1.165) is 30.5 Å². The van der Waals surface area contributed by atoms with Crippen LogP contribution in [0.25, 0.3) is 11.5 Å². The average molecular weight is 410 g/mol. The van der Waals surface area contributed by atoms with Crippen LogP contribution >= 0.6 is 0 Å². The van der Waals surface area contributed by atoms with Gasteiger partial charge in [0.2, 0.25) is 5.89 Å². The lowest BCUT2D eigenvalue weighted by molar-refractivity contribution is -0.137. The SMILES string of the molecule is Cc1c(F)cc([C@@H](C)NC(=O)c2coc(-c3cccc(C(F)(F)F)c3)n2)cc1F. The van der Waals surface area contributed by atoms with E-state index in [2.05, 4.69) is 10.3 Å². The smallest absolute Gasteiger partial charge is 0.416 e. The van der Waals surface area contributed by atoms with Crippen molar-refractivity contribution in [3.05, 3.63) is 76.7 Å². The van der Waals surface area contributed by atoms with Gasteiger partial charge in [0, 0.05) is 11.1 Å². The number of carbonyl (C=O) groups is 1. The number of rotatable bonds is 4. The molecule has 0 bridgehead atoms. The van der Waals surface area contributed by atoms with Crippen molar-refractivity contribution in [3.8, 4) is 11.5 Å².